The van der Waals surface area contributed by atoms with E-state index in [-0.39, 0.29) is 12.4 Å². The average Bonchev–Trinajstić information content (AvgIpc) is 2.66. The van der Waals surface area contributed by atoms with E-state index in [1.54, 1.807) is 0 Å². The molecule has 0 bridgehead atoms. The van der Waals surface area contributed by atoms with Gasteiger partial charge in [0.05, 0.1) is 12.8 Å². The highest BCUT2D eigenvalue weighted by Crippen LogP contribution is 2.29. The van der Waals surface area contributed by atoms with Gasteiger partial charge in [-0.3, -0.25) is 0 Å². The van der Waals surface area contributed by atoms with Gasteiger partial charge in [-0.05, 0) is 49.6 Å². The molecule has 0 radical (unpaired) electrons. The molecule has 2 aromatic heterocycles. The number of hydrogen-bond acceptors (Lipinski definition) is 5. The molecule has 0 amide bonds. The lowest BCUT2D eigenvalue weighted by atomic mass is 10.1. The number of fused-ring (bicyclic) bond motifs is 1. The van der Waals surface area contributed by atoms with Crippen molar-refractivity contribution in [1.82, 2.24) is 9.97 Å². The first-order valence-electron chi connectivity index (χ1n) is 8.83. The Balaban J connectivity index is 0.00000261. The first-order chi connectivity index (χ1) is 12.6. The number of benzene rings is 1. The van der Waals surface area contributed by atoms with Crippen molar-refractivity contribution < 1.29 is 9.53 Å². The fraction of sp³-hybridized carbons (Fsp3) is 0.286. The molecule has 142 valence electrons. The van der Waals surface area contributed by atoms with Gasteiger partial charge in [0.15, 0.2) is 5.65 Å². The maximum atomic E-state index is 12.2. The molecule has 5 nitrogen and oxygen atoms in total. The summed E-state index contributed by atoms with van der Waals surface area (Å²) in [5.74, 6) is -0.429. The van der Waals surface area contributed by atoms with Crippen LogP contribution in [0.25, 0.3) is 11.0 Å². The lowest BCUT2D eigenvalue weighted by Crippen LogP contribution is -2.08. The van der Waals surface area contributed by atoms with Gasteiger partial charge in [0.2, 0.25) is 0 Å². The second-order valence-electron chi connectivity index (χ2n) is 6.29. The number of aryl methyl sites for hydroxylation is 2. The fourth-order valence-electron chi connectivity index (χ4n) is 2.85. The summed E-state index contributed by atoms with van der Waals surface area (Å²) in [6, 6.07) is 12.1. The number of unbranched alkanes of at least 4 members (excludes halogenated alkanes) is 1. The van der Waals surface area contributed by atoms with E-state index in [2.05, 4.69) is 34.3 Å². The van der Waals surface area contributed by atoms with Crippen molar-refractivity contribution in [3.05, 3.63) is 59.4 Å². The summed E-state index contributed by atoms with van der Waals surface area (Å²) in [4.78, 5) is 20.9. The van der Waals surface area contributed by atoms with Crippen molar-refractivity contribution >= 4 is 40.8 Å². The van der Waals surface area contributed by atoms with E-state index in [1.165, 1.54) is 31.7 Å². The predicted octanol–water partition coefficient (Wildman–Crippen LogP) is 5.23. The van der Waals surface area contributed by atoms with E-state index in [9.17, 15) is 4.79 Å². The van der Waals surface area contributed by atoms with E-state index in [0.717, 1.165) is 23.2 Å². The number of nitrogens with one attached hydrogen (secondary N) is 1. The zero-order chi connectivity index (χ0) is 18.5. The summed E-state index contributed by atoms with van der Waals surface area (Å²) < 4.78 is 4.91. The number of esters is 1. The molecule has 3 aromatic rings. The molecular formula is C21H24ClN3O2. The number of carbonyl (C=O) groups is 1. The molecule has 1 aromatic carbocycles. The minimum atomic E-state index is -0.429. The lowest BCUT2D eigenvalue weighted by molar-refractivity contribution is 0.0601. The van der Waals surface area contributed by atoms with Crippen molar-refractivity contribution in [2.45, 2.75) is 33.1 Å². The molecule has 0 saturated heterocycles. The van der Waals surface area contributed by atoms with Gasteiger partial charge in [-0.1, -0.05) is 25.5 Å². The highest BCUT2D eigenvalue weighted by atomic mass is 35.5. The van der Waals surface area contributed by atoms with Crippen molar-refractivity contribution in [1.29, 1.82) is 0 Å². The zero-order valence-electron chi connectivity index (χ0n) is 15.8. The number of anilines is 2. The number of carbonyl (C=O) groups excluding carboxylic acids is 1. The van der Waals surface area contributed by atoms with Crippen LogP contribution in [0.3, 0.4) is 0 Å². The van der Waals surface area contributed by atoms with Crippen LogP contribution in [0, 0.1) is 6.92 Å². The predicted molar refractivity (Wildman–Crippen MR) is 111 cm³/mol. The zero-order valence-corrected chi connectivity index (χ0v) is 16.6. The second-order valence-corrected chi connectivity index (χ2v) is 6.29. The third kappa shape index (κ3) is 4.74. The molecule has 6 heteroatoms. The van der Waals surface area contributed by atoms with E-state index in [4.69, 9.17) is 4.74 Å². The van der Waals surface area contributed by atoms with Crippen molar-refractivity contribution in [3.63, 3.8) is 0 Å². The van der Waals surface area contributed by atoms with E-state index in [1.807, 2.05) is 31.2 Å². The topological polar surface area (TPSA) is 64.1 Å². The van der Waals surface area contributed by atoms with Crippen molar-refractivity contribution in [2.24, 2.45) is 0 Å². The largest absolute Gasteiger partial charge is 0.465 e. The molecule has 27 heavy (non-hydrogen) atoms. The van der Waals surface area contributed by atoms with Crippen LogP contribution in [0.2, 0.25) is 0 Å². The number of rotatable bonds is 6. The third-order valence-corrected chi connectivity index (χ3v) is 4.32. The Hall–Kier alpha value is -2.66. The molecule has 0 fully saturated rings. The van der Waals surface area contributed by atoms with Gasteiger partial charge in [-0.15, -0.1) is 12.4 Å². The van der Waals surface area contributed by atoms with Crippen LogP contribution in [0.1, 0.15) is 41.4 Å². The standard InChI is InChI=1S/C21H23N3O2.ClH/c1-4-5-6-15-8-10-16(11-9-15)24-19-17-12-7-14(2)23-20(17)22-13-18(19)21(25)26-3;/h7-13H,4-6H2,1-3H3,(H,22,23,24);1H. The quantitative estimate of drug-likeness (QED) is 0.588. The number of aromatic nitrogens is 2. The summed E-state index contributed by atoms with van der Waals surface area (Å²) in [6.07, 6.45) is 4.95. The Kier molecular flexibility index (Phi) is 7.13. The smallest absolute Gasteiger partial charge is 0.341 e. The van der Waals surface area contributed by atoms with Gasteiger partial charge in [0, 0.05) is 23.0 Å². The van der Waals surface area contributed by atoms with Crippen LogP contribution >= 0.6 is 12.4 Å². The third-order valence-electron chi connectivity index (χ3n) is 4.32. The van der Waals surface area contributed by atoms with Crippen LogP contribution in [0.4, 0.5) is 11.4 Å². The molecule has 0 unspecified atom stereocenters. The van der Waals surface area contributed by atoms with Gasteiger partial charge in [-0.2, -0.15) is 0 Å². The van der Waals surface area contributed by atoms with Gasteiger partial charge in [-0.25, -0.2) is 14.8 Å². The summed E-state index contributed by atoms with van der Waals surface area (Å²) in [6.45, 7) is 4.10. The number of methoxy groups -OCH3 is 1. The molecule has 0 aliphatic carbocycles. The summed E-state index contributed by atoms with van der Waals surface area (Å²) >= 11 is 0. The minimum absolute atomic E-state index is 0. The molecule has 2 heterocycles. The number of nitrogens with zero attached hydrogens (tertiary/aromatic N) is 2. The first-order valence-corrected chi connectivity index (χ1v) is 8.83. The highest BCUT2D eigenvalue weighted by Gasteiger charge is 2.17. The molecule has 1 N–H and O–H groups in total. The lowest BCUT2D eigenvalue weighted by Gasteiger charge is -2.14. The van der Waals surface area contributed by atoms with E-state index < -0.39 is 5.97 Å². The van der Waals surface area contributed by atoms with Gasteiger partial charge in [0.25, 0.3) is 0 Å². The molecule has 0 aliphatic heterocycles. The van der Waals surface area contributed by atoms with E-state index in [0.29, 0.717) is 16.9 Å². The Morgan fingerprint density at radius 1 is 1.15 bits per heavy atom. The Labute approximate surface area is 165 Å². The van der Waals surface area contributed by atoms with Crippen molar-refractivity contribution in [3.8, 4) is 0 Å². The van der Waals surface area contributed by atoms with Gasteiger partial charge in [0.1, 0.15) is 5.56 Å². The molecule has 0 spiro atoms. The maximum absolute atomic E-state index is 12.2. The summed E-state index contributed by atoms with van der Waals surface area (Å²) in [7, 11) is 1.37. The van der Waals surface area contributed by atoms with Crippen LogP contribution in [-0.4, -0.2) is 23.0 Å². The van der Waals surface area contributed by atoms with Crippen LogP contribution in [0.5, 0.6) is 0 Å². The van der Waals surface area contributed by atoms with Gasteiger partial charge >= 0.3 is 5.97 Å². The van der Waals surface area contributed by atoms with Crippen molar-refractivity contribution in [2.75, 3.05) is 12.4 Å². The Morgan fingerprint density at radius 2 is 1.89 bits per heavy atom. The molecule has 3 rings (SSSR count). The maximum Gasteiger partial charge on any atom is 0.341 e. The monoisotopic (exact) mass is 385 g/mol. The molecular weight excluding hydrogens is 362 g/mol. The van der Waals surface area contributed by atoms with Crippen LogP contribution in [0.15, 0.2) is 42.6 Å². The fourth-order valence-corrected chi connectivity index (χ4v) is 2.85. The van der Waals surface area contributed by atoms with E-state index >= 15 is 0 Å². The normalized spacial score (nSPS) is 10.3. The van der Waals surface area contributed by atoms with Crippen LogP contribution < -0.4 is 5.32 Å². The Morgan fingerprint density at radius 3 is 2.56 bits per heavy atom. The Bertz CT molecular complexity index is 927. The SMILES string of the molecule is CCCCc1ccc(Nc2c(C(=O)OC)cnc3nc(C)ccc23)cc1.Cl. The van der Waals surface area contributed by atoms with Gasteiger partial charge < -0.3 is 10.1 Å². The molecule has 0 saturated carbocycles. The summed E-state index contributed by atoms with van der Waals surface area (Å²) in [5.41, 5.74) is 4.74. The number of pyridine rings is 2. The second kappa shape index (κ2) is 9.33. The molecule has 0 aliphatic rings. The minimum Gasteiger partial charge on any atom is -0.465 e. The first kappa shape index (κ1) is 20.6. The number of halogens is 1. The highest BCUT2D eigenvalue weighted by molar-refractivity contribution is 6.05. The summed E-state index contributed by atoms with van der Waals surface area (Å²) in [5, 5.41) is 4.14. The van der Waals surface area contributed by atoms with Crippen LogP contribution in [-0.2, 0) is 11.2 Å². The number of ether oxygens (including phenoxy) is 1. The number of hydrogen-bond donors (Lipinski definition) is 1. The molecule has 0 atom stereocenters. The average molecular weight is 386 g/mol.